The number of benzene rings is 2. The Morgan fingerprint density at radius 1 is 1.25 bits per heavy atom. The number of fused-ring (bicyclic) bond motifs is 3. The van der Waals surface area contributed by atoms with Gasteiger partial charge in [-0.1, -0.05) is 13.8 Å². The van der Waals surface area contributed by atoms with Gasteiger partial charge in [0.25, 0.3) is 0 Å². The topological polar surface area (TPSA) is 88.6 Å². The maximum absolute atomic E-state index is 13.4. The van der Waals surface area contributed by atoms with Gasteiger partial charge in [0, 0.05) is 29.8 Å². The highest BCUT2D eigenvalue weighted by Gasteiger charge is 2.66. The zero-order valence-electron chi connectivity index (χ0n) is 17.8. The molecule has 1 aromatic heterocycles. The minimum Gasteiger partial charge on any atom is -0.492 e. The maximum Gasteiger partial charge on any atom is 0.243 e. The summed E-state index contributed by atoms with van der Waals surface area (Å²) in [5.74, 6) is 0.680. The maximum atomic E-state index is 13.4. The fraction of sp³-hybridized carbons (Fsp3) is 0.391. The van der Waals surface area contributed by atoms with Crippen LogP contribution < -0.4 is 10.1 Å². The molecule has 1 saturated carbocycles. The minimum absolute atomic E-state index is 0.0504. The van der Waals surface area contributed by atoms with Gasteiger partial charge in [-0.05, 0) is 48.7 Å². The number of piperidine rings is 1. The number of hydrogen-bond donors (Lipinski definition) is 1. The predicted octanol–water partition coefficient (Wildman–Crippen LogP) is 3.62. The quantitative estimate of drug-likeness (QED) is 0.631. The minimum atomic E-state index is -3.69. The number of amides is 1. The summed E-state index contributed by atoms with van der Waals surface area (Å²) in [6.07, 6.45) is 0.717. The molecule has 2 aliphatic heterocycles. The van der Waals surface area contributed by atoms with Crippen molar-refractivity contribution in [3.05, 3.63) is 47.5 Å². The van der Waals surface area contributed by atoms with E-state index in [2.05, 4.69) is 10.3 Å². The Hall–Kier alpha value is -2.49. The Kier molecular flexibility index (Phi) is 4.11. The molecule has 7 nitrogen and oxygen atoms in total. The van der Waals surface area contributed by atoms with Crippen LogP contribution in [0.25, 0.3) is 10.2 Å². The van der Waals surface area contributed by atoms with Gasteiger partial charge in [-0.3, -0.25) is 4.79 Å². The monoisotopic (exact) mass is 469 g/mol. The Bertz CT molecular complexity index is 1380. The molecule has 0 spiro atoms. The summed E-state index contributed by atoms with van der Waals surface area (Å²) in [6, 6.07) is 10.7. The molecule has 2 fully saturated rings. The molecule has 3 aliphatic rings. The van der Waals surface area contributed by atoms with E-state index in [9.17, 15) is 13.2 Å². The van der Waals surface area contributed by atoms with E-state index in [1.165, 1.54) is 4.31 Å². The first-order valence-corrected chi connectivity index (χ1v) is 12.9. The molecule has 2 unspecified atom stereocenters. The normalized spacial score (nSPS) is 25.9. The van der Waals surface area contributed by atoms with E-state index in [-0.39, 0.29) is 28.7 Å². The van der Waals surface area contributed by atoms with Crippen LogP contribution in [0.3, 0.4) is 0 Å². The number of nitrogens with one attached hydrogen (secondary N) is 1. The Balaban J connectivity index is 1.23. The van der Waals surface area contributed by atoms with Gasteiger partial charge in [0.05, 0.1) is 32.6 Å². The molecule has 6 rings (SSSR count). The number of thiazole rings is 1. The highest BCUT2D eigenvalue weighted by Crippen LogP contribution is 2.59. The average molecular weight is 470 g/mol. The third-order valence-corrected chi connectivity index (χ3v) is 9.68. The number of rotatable bonds is 4. The molecule has 0 bridgehead atoms. The van der Waals surface area contributed by atoms with Crippen LogP contribution in [0.5, 0.6) is 5.75 Å². The van der Waals surface area contributed by atoms with E-state index in [4.69, 9.17) is 4.74 Å². The summed E-state index contributed by atoms with van der Waals surface area (Å²) >= 11 is 1.55. The number of hydrogen-bond acceptors (Lipinski definition) is 6. The van der Waals surface area contributed by atoms with Gasteiger partial charge in [0.15, 0.2) is 0 Å². The number of anilines is 1. The smallest absolute Gasteiger partial charge is 0.243 e. The highest BCUT2D eigenvalue weighted by molar-refractivity contribution is 7.89. The zero-order chi connectivity index (χ0) is 22.3. The summed E-state index contributed by atoms with van der Waals surface area (Å²) in [6.45, 7) is 5.21. The Morgan fingerprint density at radius 2 is 2.09 bits per heavy atom. The van der Waals surface area contributed by atoms with Crippen molar-refractivity contribution in [3.63, 3.8) is 0 Å². The number of nitrogens with zero attached hydrogens (tertiary/aromatic N) is 2. The number of ether oxygens (including phenoxy) is 1. The fourth-order valence-corrected chi connectivity index (χ4v) is 7.21. The van der Waals surface area contributed by atoms with Crippen molar-refractivity contribution in [2.24, 2.45) is 11.3 Å². The summed E-state index contributed by atoms with van der Waals surface area (Å²) in [7, 11) is -3.69. The van der Waals surface area contributed by atoms with Gasteiger partial charge in [-0.25, -0.2) is 13.4 Å². The van der Waals surface area contributed by atoms with Crippen LogP contribution in [0.4, 0.5) is 5.69 Å². The molecule has 1 aliphatic carbocycles. The molecule has 32 heavy (non-hydrogen) atoms. The second-order valence-electron chi connectivity index (χ2n) is 9.67. The third-order valence-electron chi connectivity index (χ3n) is 7.06. The zero-order valence-corrected chi connectivity index (χ0v) is 19.4. The van der Waals surface area contributed by atoms with Crippen LogP contribution in [0.1, 0.15) is 25.8 Å². The molecule has 3 aromatic rings. The van der Waals surface area contributed by atoms with E-state index in [0.717, 1.165) is 28.0 Å². The first-order chi connectivity index (χ1) is 15.2. The van der Waals surface area contributed by atoms with E-state index in [1.807, 2.05) is 32.0 Å². The van der Waals surface area contributed by atoms with Crippen molar-refractivity contribution < 1.29 is 17.9 Å². The van der Waals surface area contributed by atoms with Gasteiger partial charge in [0.2, 0.25) is 15.9 Å². The summed E-state index contributed by atoms with van der Waals surface area (Å²) in [5, 5.41) is 2.99. The second-order valence-corrected chi connectivity index (χ2v) is 12.5. The van der Waals surface area contributed by atoms with Crippen molar-refractivity contribution in [2.75, 3.05) is 25.0 Å². The van der Waals surface area contributed by atoms with E-state index in [1.54, 1.807) is 35.0 Å². The lowest BCUT2D eigenvalue weighted by Crippen LogP contribution is -2.35. The highest BCUT2D eigenvalue weighted by atomic mass is 32.2. The van der Waals surface area contributed by atoms with Gasteiger partial charge in [-0.15, -0.1) is 11.3 Å². The lowest BCUT2D eigenvalue weighted by atomic mass is 9.87. The molecule has 9 heteroatoms. The molecule has 2 aromatic carbocycles. The largest absolute Gasteiger partial charge is 0.492 e. The molecule has 1 amide bonds. The summed E-state index contributed by atoms with van der Waals surface area (Å²) in [5.41, 5.74) is 3.34. The Labute approximate surface area is 190 Å². The fourth-order valence-electron chi connectivity index (χ4n) is 4.97. The first kappa shape index (κ1) is 20.1. The molecular weight excluding hydrogens is 446 g/mol. The molecule has 3 heterocycles. The van der Waals surface area contributed by atoms with Crippen LogP contribution in [-0.4, -0.2) is 43.3 Å². The van der Waals surface area contributed by atoms with E-state index >= 15 is 0 Å². The van der Waals surface area contributed by atoms with Crippen LogP contribution in [-0.2, 0) is 20.2 Å². The molecule has 1 saturated heterocycles. The van der Waals surface area contributed by atoms with Gasteiger partial charge >= 0.3 is 0 Å². The Morgan fingerprint density at radius 3 is 2.94 bits per heavy atom. The molecule has 0 radical (unpaired) electrons. The van der Waals surface area contributed by atoms with Crippen molar-refractivity contribution in [1.29, 1.82) is 0 Å². The second kappa shape index (κ2) is 6.52. The molecule has 166 valence electrons. The number of aromatic nitrogens is 1. The van der Waals surface area contributed by atoms with Crippen molar-refractivity contribution in [3.8, 4) is 5.75 Å². The lowest BCUT2D eigenvalue weighted by Gasteiger charge is -2.22. The van der Waals surface area contributed by atoms with E-state index in [0.29, 0.717) is 18.8 Å². The van der Waals surface area contributed by atoms with Gasteiger partial charge < -0.3 is 10.1 Å². The van der Waals surface area contributed by atoms with E-state index < -0.39 is 15.4 Å². The van der Waals surface area contributed by atoms with Crippen LogP contribution in [0.15, 0.2) is 46.8 Å². The first-order valence-electron chi connectivity index (χ1n) is 10.6. The van der Waals surface area contributed by atoms with Crippen LogP contribution >= 0.6 is 11.3 Å². The van der Waals surface area contributed by atoms with Crippen molar-refractivity contribution >= 4 is 43.2 Å². The average Bonchev–Trinajstić information content (AvgIpc) is 3.09. The lowest BCUT2D eigenvalue weighted by molar-refractivity contribution is -0.121. The number of sulfonamides is 1. The summed E-state index contributed by atoms with van der Waals surface area (Å²) < 4.78 is 35.0. The van der Waals surface area contributed by atoms with Crippen LogP contribution in [0.2, 0.25) is 0 Å². The third kappa shape index (κ3) is 2.91. The molecule has 1 N–H and O–H groups in total. The van der Waals surface area contributed by atoms with Gasteiger partial charge in [0.1, 0.15) is 5.75 Å². The standard InChI is InChI=1S/C23H23N3O4S2/c1-22(2)12-30-19-5-4-16(8-17(19)22)32(28,29)26-10-14-9-23(14,11-26)21(27)25-15-3-6-20-18(7-15)24-13-31-20/h3-8,13-14H,9-12H2,1-2H3,(H,25,27). The molecular formula is C23H23N3O4S2. The number of carbonyl (C=O) groups excluding carboxylic acids is 1. The summed E-state index contributed by atoms with van der Waals surface area (Å²) in [4.78, 5) is 17.7. The number of carbonyl (C=O) groups is 1. The van der Waals surface area contributed by atoms with Crippen LogP contribution in [0, 0.1) is 11.3 Å². The van der Waals surface area contributed by atoms with Gasteiger partial charge in [-0.2, -0.15) is 4.31 Å². The SMILES string of the molecule is CC1(C)COc2ccc(S(=O)(=O)N3CC4CC4(C(=O)Nc4ccc5scnc5c4)C3)cc21. The molecule has 2 atom stereocenters. The van der Waals surface area contributed by atoms with Crippen molar-refractivity contribution in [1.82, 2.24) is 9.29 Å². The van der Waals surface area contributed by atoms with Crippen molar-refractivity contribution in [2.45, 2.75) is 30.6 Å². The predicted molar refractivity (Wildman–Crippen MR) is 123 cm³/mol.